The smallest absolute Gasteiger partial charge is 0.251 e. The molecule has 3 aromatic rings. The van der Waals surface area contributed by atoms with E-state index in [1.807, 2.05) is 54.6 Å². The summed E-state index contributed by atoms with van der Waals surface area (Å²) in [6, 6.07) is 20.3. The minimum absolute atomic E-state index is 0.143. The molecule has 0 atom stereocenters. The number of hydrogen-bond acceptors (Lipinski definition) is 8. The van der Waals surface area contributed by atoms with Crippen LogP contribution in [0.2, 0.25) is 5.02 Å². The number of anilines is 3. The van der Waals surface area contributed by atoms with Crippen molar-refractivity contribution in [2.24, 2.45) is 15.4 Å². The zero-order chi connectivity index (χ0) is 28.5. The standard InChI is InChI=1S/C30H35ClN6O3/c1-30(2)19-34-28(38)22-6-8-23(9-7-22)35-29(32-3)33-18-21-5-14-27(26(31)17-21)40-16-4-15-37(20-30)25-12-10-24(36-39)11-13-25/h5-14,17,36,39H,3-4,15-16,18-20H2,1-2H3,(H,33,35)(H,34,38). The van der Waals surface area contributed by atoms with Crippen molar-refractivity contribution in [3.05, 3.63) is 82.9 Å². The number of rotatable bonds is 2. The summed E-state index contributed by atoms with van der Waals surface area (Å²) in [6.07, 6.45) is 0.747. The van der Waals surface area contributed by atoms with Crippen molar-refractivity contribution < 1.29 is 14.7 Å². The van der Waals surface area contributed by atoms with E-state index >= 15 is 0 Å². The summed E-state index contributed by atoms with van der Waals surface area (Å²) in [7, 11) is 0. The first-order valence-electron chi connectivity index (χ1n) is 13.1. The molecule has 3 aliphatic heterocycles. The molecular weight excluding hydrogens is 528 g/mol. The Morgan fingerprint density at radius 3 is 2.55 bits per heavy atom. The topological polar surface area (TPSA) is 111 Å². The molecule has 210 valence electrons. The van der Waals surface area contributed by atoms with E-state index in [1.165, 1.54) is 0 Å². The fourth-order valence-corrected chi connectivity index (χ4v) is 4.62. The average Bonchev–Trinajstić information content (AvgIpc) is 2.96. The second-order valence-corrected chi connectivity index (χ2v) is 10.8. The first kappa shape index (κ1) is 28.9. The van der Waals surface area contributed by atoms with E-state index in [9.17, 15) is 10.0 Å². The van der Waals surface area contributed by atoms with Crippen LogP contribution in [0, 0.1) is 5.41 Å². The molecule has 6 rings (SSSR count). The predicted octanol–water partition coefficient (Wildman–Crippen LogP) is 5.85. The quantitative estimate of drug-likeness (QED) is 0.230. The summed E-state index contributed by atoms with van der Waals surface area (Å²) in [5, 5.41) is 15.9. The highest BCUT2D eigenvalue weighted by molar-refractivity contribution is 6.32. The Morgan fingerprint density at radius 1 is 1.12 bits per heavy atom. The van der Waals surface area contributed by atoms with E-state index in [-0.39, 0.29) is 11.3 Å². The molecular formula is C30H35ClN6O3. The zero-order valence-electron chi connectivity index (χ0n) is 22.8. The van der Waals surface area contributed by atoms with Gasteiger partial charge < -0.3 is 20.3 Å². The molecule has 0 aromatic heterocycles. The first-order valence-corrected chi connectivity index (χ1v) is 13.5. The van der Waals surface area contributed by atoms with Crippen molar-refractivity contribution in [3.8, 4) is 5.75 Å². The third-order valence-corrected chi connectivity index (χ3v) is 6.79. The Morgan fingerprint density at radius 2 is 1.88 bits per heavy atom. The molecule has 0 saturated carbocycles. The van der Waals surface area contributed by atoms with Crippen LogP contribution in [0.1, 0.15) is 36.2 Å². The van der Waals surface area contributed by atoms with Crippen molar-refractivity contribution in [1.29, 1.82) is 0 Å². The second-order valence-electron chi connectivity index (χ2n) is 10.4. The molecule has 0 saturated heterocycles. The number of hydrogen-bond donors (Lipinski definition) is 4. The Kier molecular flexibility index (Phi) is 9.63. The van der Waals surface area contributed by atoms with Gasteiger partial charge in [0.25, 0.3) is 5.91 Å². The van der Waals surface area contributed by atoms with Gasteiger partial charge in [0.2, 0.25) is 5.96 Å². The Balaban J connectivity index is 1.59. The number of carbonyl (C=O) groups is 1. The molecule has 0 aliphatic carbocycles. The van der Waals surface area contributed by atoms with Crippen molar-refractivity contribution >= 4 is 47.2 Å². The third kappa shape index (κ3) is 7.97. The van der Waals surface area contributed by atoms with Gasteiger partial charge in [0.1, 0.15) is 5.75 Å². The van der Waals surface area contributed by atoms with Crippen LogP contribution in [0.3, 0.4) is 0 Å². The lowest BCUT2D eigenvalue weighted by atomic mass is 9.92. The fraction of sp³-hybridized carbons (Fsp3) is 0.300. The summed E-state index contributed by atoms with van der Waals surface area (Å²) >= 11 is 6.52. The predicted molar refractivity (Wildman–Crippen MR) is 162 cm³/mol. The summed E-state index contributed by atoms with van der Waals surface area (Å²) in [4.78, 5) is 23.7. The maximum absolute atomic E-state index is 12.9. The van der Waals surface area contributed by atoms with Gasteiger partial charge in [-0.3, -0.25) is 15.5 Å². The molecule has 0 unspecified atom stereocenters. The van der Waals surface area contributed by atoms with Gasteiger partial charge in [-0.1, -0.05) is 31.5 Å². The van der Waals surface area contributed by atoms with E-state index in [1.54, 1.807) is 12.1 Å². The van der Waals surface area contributed by atoms with Crippen LogP contribution in [0.15, 0.2) is 76.7 Å². The molecule has 40 heavy (non-hydrogen) atoms. The summed E-state index contributed by atoms with van der Waals surface area (Å²) < 4.78 is 6.01. The maximum Gasteiger partial charge on any atom is 0.251 e. The molecule has 0 spiro atoms. The maximum atomic E-state index is 12.9. The molecule has 3 heterocycles. The van der Waals surface area contributed by atoms with Crippen LogP contribution in [-0.2, 0) is 6.54 Å². The van der Waals surface area contributed by atoms with Gasteiger partial charge in [-0.2, -0.15) is 0 Å². The second kappa shape index (κ2) is 13.3. The average molecular weight is 563 g/mol. The molecule has 4 bridgehead atoms. The normalized spacial score (nSPS) is 16.4. The van der Waals surface area contributed by atoms with Gasteiger partial charge in [-0.15, -0.1) is 0 Å². The van der Waals surface area contributed by atoms with Gasteiger partial charge in [0, 0.05) is 36.6 Å². The van der Waals surface area contributed by atoms with Crippen molar-refractivity contribution in [1.82, 2.24) is 5.32 Å². The molecule has 10 heteroatoms. The molecule has 3 aliphatic rings. The number of halogens is 1. The lowest BCUT2D eigenvalue weighted by Gasteiger charge is -2.34. The lowest BCUT2D eigenvalue weighted by Crippen LogP contribution is -2.43. The highest BCUT2D eigenvalue weighted by atomic mass is 35.5. The number of guanidine groups is 1. The lowest BCUT2D eigenvalue weighted by molar-refractivity contribution is 0.0937. The Bertz CT molecular complexity index is 1340. The highest BCUT2D eigenvalue weighted by Crippen LogP contribution is 2.27. The van der Waals surface area contributed by atoms with E-state index in [4.69, 9.17) is 16.3 Å². The van der Waals surface area contributed by atoms with Gasteiger partial charge in [0.05, 0.1) is 23.9 Å². The summed E-state index contributed by atoms with van der Waals surface area (Å²) in [5.74, 6) is 0.838. The van der Waals surface area contributed by atoms with Gasteiger partial charge >= 0.3 is 0 Å². The van der Waals surface area contributed by atoms with E-state index in [0.717, 1.165) is 29.9 Å². The molecule has 1 amide bonds. The van der Waals surface area contributed by atoms with Crippen LogP contribution < -0.4 is 25.8 Å². The number of amides is 1. The zero-order valence-corrected chi connectivity index (χ0v) is 23.5. The van der Waals surface area contributed by atoms with Crippen LogP contribution in [-0.4, -0.2) is 50.0 Å². The van der Waals surface area contributed by atoms with Crippen molar-refractivity contribution in [2.75, 3.05) is 41.9 Å². The number of carbonyl (C=O) groups excluding carboxylic acids is 1. The minimum atomic E-state index is -0.247. The van der Waals surface area contributed by atoms with Crippen LogP contribution in [0.4, 0.5) is 17.1 Å². The number of nitrogens with zero attached hydrogens (tertiary/aromatic N) is 3. The molecule has 0 radical (unpaired) electrons. The van der Waals surface area contributed by atoms with Crippen LogP contribution in [0.25, 0.3) is 0 Å². The van der Waals surface area contributed by atoms with E-state index in [0.29, 0.717) is 54.2 Å². The molecule has 3 aromatic carbocycles. The van der Waals surface area contributed by atoms with E-state index in [2.05, 4.69) is 51.6 Å². The Labute approximate surface area is 239 Å². The monoisotopic (exact) mass is 562 g/mol. The van der Waals surface area contributed by atoms with E-state index < -0.39 is 0 Å². The summed E-state index contributed by atoms with van der Waals surface area (Å²) in [5.41, 5.74) is 5.75. The number of ether oxygens (including phenoxy) is 1. The van der Waals surface area contributed by atoms with Gasteiger partial charge in [-0.25, -0.2) is 9.98 Å². The largest absolute Gasteiger partial charge is 0.492 e. The van der Waals surface area contributed by atoms with Crippen molar-refractivity contribution in [2.45, 2.75) is 26.8 Å². The van der Waals surface area contributed by atoms with Crippen LogP contribution in [0.5, 0.6) is 5.75 Å². The molecule has 9 nitrogen and oxygen atoms in total. The first-order chi connectivity index (χ1) is 19.3. The van der Waals surface area contributed by atoms with Gasteiger partial charge in [-0.05, 0) is 84.8 Å². The molecule has 0 fully saturated rings. The highest BCUT2D eigenvalue weighted by Gasteiger charge is 2.24. The number of nitrogens with one attached hydrogen (secondary N) is 3. The Hall–Kier alpha value is -4.08. The number of benzene rings is 3. The molecule has 4 N–H and O–H groups in total. The number of fused-ring (bicyclic) bond motifs is 2. The minimum Gasteiger partial charge on any atom is -0.492 e. The fourth-order valence-electron chi connectivity index (χ4n) is 4.37. The van der Waals surface area contributed by atoms with Crippen molar-refractivity contribution in [3.63, 3.8) is 0 Å². The number of aliphatic imine (C=N–C) groups is 2. The summed E-state index contributed by atoms with van der Waals surface area (Å²) in [6.45, 7) is 10.6. The third-order valence-electron chi connectivity index (χ3n) is 6.50. The van der Waals surface area contributed by atoms with Gasteiger partial charge in [0.15, 0.2) is 0 Å². The van der Waals surface area contributed by atoms with Crippen LogP contribution >= 0.6 is 11.6 Å². The SMILES string of the molecule is C=NC1=NCc2ccc(c(Cl)c2)OCCCN(c2ccc(NO)cc2)CC(C)(C)CNC(=O)c2ccc(cc2)N1.